The van der Waals surface area contributed by atoms with Gasteiger partial charge in [-0.05, 0) is 38.3 Å². The molecule has 0 radical (unpaired) electrons. The average molecular weight is 422 g/mol. The molecule has 2 aromatic rings. The summed E-state index contributed by atoms with van der Waals surface area (Å²) in [7, 11) is -3.02. The Hall–Kier alpha value is -1.94. The third-order valence-corrected chi connectivity index (χ3v) is 7.81. The van der Waals surface area contributed by atoms with Crippen LogP contribution in [0, 0.1) is 0 Å². The molecule has 1 saturated heterocycles. The molecule has 10 heteroatoms. The number of pyridine rings is 1. The second-order valence-electron chi connectivity index (χ2n) is 7.17. The molecule has 28 heavy (non-hydrogen) atoms. The van der Waals surface area contributed by atoms with Crippen molar-refractivity contribution in [2.24, 2.45) is 0 Å². The van der Waals surface area contributed by atoms with Gasteiger partial charge in [0.1, 0.15) is 0 Å². The van der Waals surface area contributed by atoms with Crippen molar-refractivity contribution in [1.29, 1.82) is 0 Å². The number of carbonyl (C=O) groups excluding carboxylic acids is 1. The molecular weight excluding hydrogens is 398 g/mol. The summed E-state index contributed by atoms with van der Waals surface area (Å²) in [5.41, 5.74) is 0.909. The van der Waals surface area contributed by atoms with Crippen LogP contribution in [0.3, 0.4) is 0 Å². The van der Waals surface area contributed by atoms with Gasteiger partial charge in [0.2, 0.25) is 5.91 Å². The number of rotatable bonds is 7. The minimum Gasteiger partial charge on any atom is -0.338 e. The lowest BCUT2D eigenvalue weighted by atomic mass is 10.2. The van der Waals surface area contributed by atoms with Crippen LogP contribution in [0.15, 0.2) is 29.7 Å². The van der Waals surface area contributed by atoms with Gasteiger partial charge < -0.3 is 4.90 Å². The van der Waals surface area contributed by atoms with E-state index in [1.165, 1.54) is 11.8 Å². The van der Waals surface area contributed by atoms with Gasteiger partial charge in [0.05, 0.1) is 17.3 Å². The summed E-state index contributed by atoms with van der Waals surface area (Å²) in [5, 5.41) is 9.37. The Balaban J connectivity index is 1.47. The van der Waals surface area contributed by atoms with Gasteiger partial charge in [-0.3, -0.25) is 14.3 Å². The van der Waals surface area contributed by atoms with E-state index in [9.17, 15) is 13.2 Å². The standard InChI is InChI=1S/C18H23N5O3S2/c1-2-22(15-7-9-28(25,26)12-15)16(24)11-27-18-21-20-17(23(18)14-5-6-14)13-4-3-8-19-10-13/h3-4,8,10,14-15H,2,5-7,9,11-12H2,1H3/t15-/m0/s1. The first-order valence-corrected chi connectivity index (χ1v) is 12.3. The Kier molecular flexibility index (Phi) is 5.42. The van der Waals surface area contributed by atoms with Crippen molar-refractivity contribution in [3.63, 3.8) is 0 Å². The van der Waals surface area contributed by atoms with Gasteiger partial charge in [-0.25, -0.2) is 8.42 Å². The van der Waals surface area contributed by atoms with Crippen molar-refractivity contribution < 1.29 is 13.2 Å². The predicted octanol–water partition coefficient (Wildman–Crippen LogP) is 1.80. The number of hydrogen-bond donors (Lipinski definition) is 0. The van der Waals surface area contributed by atoms with Crippen molar-refractivity contribution in [2.45, 2.75) is 43.4 Å². The molecule has 1 amide bonds. The van der Waals surface area contributed by atoms with Gasteiger partial charge in [0.25, 0.3) is 0 Å². The molecule has 1 aliphatic carbocycles. The normalized spacial score (nSPS) is 21.0. The number of hydrogen-bond acceptors (Lipinski definition) is 7. The summed E-state index contributed by atoms with van der Waals surface area (Å²) >= 11 is 1.37. The number of aromatic nitrogens is 4. The molecule has 0 bridgehead atoms. The Morgan fingerprint density at radius 2 is 2.14 bits per heavy atom. The van der Waals surface area contributed by atoms with E-state index in [0.717, 1.165) is 29.4 Å². The summed E-state index contributed by atoms with van der Waals surface area (Å²) in [5.74, 6) is 1.19. The molecule has 2 fully saturated rings. The Morgan fingerprint density at radius 1 is 1.32 bits per heavy atom. The fraction of sp³-hybridized carbons (Fsp3) is 0.556. The molecule has 1 saturated carbocycles. The lowest BCUT2D eigenvalue weighted by Gasteiger charge is -2.26. The highest BCUT2D eigenvalue weighted by Gasteiger charge is 2.34. The maximum atomic E-state index is 12.8. The number of sulfone groups is 1. The van der Waals surface area contributed by atoms with Crippen molar-refractivity contribution in [3.05, 3.63) is 24.5 Å². The molecule has 1 atom stereocenters. The number of thioether (sulfide) groups is 1. The Labute approximate surface area is 168 Å². The third kappa shape index (κ3) is 4.07. The van der Waals surface area contributed by atoms with E-state index >= 15 is 0 Å². The van der Waals surface area contributed by atoms with Crippen molar-refractivity contribution >= 4 is 27.5 Å². The number of amides is 1. The molecule has 1 aliphatic heterocycles. The van der Waals surface area contributed by atoms with Crippen LogP contribution in [0.5, 0.6) is 0 Å². The van der Waals surface area contributed by atoms with Crippen molar-refractivity contribution in [3.8, 4) is 11.4 Å². The van der Waals surface area contributed by atoms with Crippen LogP contribution in [0.1, 0.15) is 32.2 Å². The summed E-state index contributed by atoms with van der Waals surface area (Å²) < 4.78 is 25.6. The Bertz CT molecular complexity index is 957. The van der Waals surface area contributed by atoms with E-state index in [2.05, 4.69) is 19.7 Å². The van der Waals surface area contributed by atoms with Crippen LogP contribution >= 0.6 is 11.8 Å². The minimum atomic E-state index is -3.02. The smallest absolute Gasteiger partial charge is 0.233 e. The first-order valence-electron chi connectivity index (χ1n) is 9.46. The zero-order chi connectivity index (χ0) is 19.7. The van der Waals surface area contributed by atoms with E-state index < -0.39 is 9.84 Å². The largest absolute Gasteiger partial charge is 0.338 e. The van der Waals surface area contributed by atoms with Gasteiger partial charge >= 0.3 is 0 Å². The van der Waals surface area contributed by atoms with E-state index in [4.69, 9.17) is 0 Å². The summed E-state index contributed by atoms with van der Waals surface area (Å²) in [4.78, 5) is 18.6. The fourth-order valence-electron chi connectivity index (χ4n) is 3.60. The molecule has 150 valence electrons. The first kappa shape index (κ1) is 19.4. The van der Waals surface area contributed by atoms with Crippen LogP contribution in [0.4, 0.5) is 0 Å². The molecule has 3 heterocycles. The van der Waals surface area contributed by atoms with Crippen molar-refractivity contribution in [1.82, 2.24) is 24.6 Å². The van der Waals surface area contributed by atoms with Crippen LogP contribution in [0.2, 0.25) is 0 Å². The molecule has 0 N–H and O–H groups in total. The monoisotopic (exact) mass is 421 g/mol. The lowest BCUT2D eigenvalue weighted by Crippen LogP contribution is -2.42. The van der Waals surface area contributed by atoms with E-state index in [1.54, 1.807) is 17.3 Å². The second-order valence-corrected chi connectivity index (χ2v) is 10.3. The number of nitrogens with zero attached hydrogens (tertiary/aromatic N) is 5. The summed E-state index contributed by atoms with van der Waals surface area (Å²) in [6.45, 7) is 2.40. The molecule has 2 aromatic heterocycles. The topological polar surface area (TPSA) is 98.1 Å². The van der Waals surface area contributed by atoms with E-state index in [1.807, 2.05) is 19.1 Å². The molecule has 2 aliphatic rings. The fourth-order valence-corrected chi connectivity index (χ4v) is 6.22. The maximum Gasteiger partial charge on any atom is 0.233 e. The molecular formula is C18H23N5O3S2. The maximum absolute atomic E-state index is 12.8. The van der Waals surface area contributed by atoms with Gasteiger partial charge in [-0.2, -0.15) is 0 Å². The van der Waals surface area contributed by atoms with Gasteiger partial charge in [0, 0.05) is 36.6 Å². The summed E-state index contributed by atoms with van der Waals surface area (Å²) in [6, 6.07) is 3.97. The Morgan fingerprint density at radius 3 is 2.75 bits per heavy atom. The number of carbonyl (C=O) groups is 1. The first-order chi connectivity index (χ1) is 13.5. The molecule has 4 rings (SSSR count). The van der Waals surface area contributed by atoms with Crippen LogP contribution in [-0.4, -0.2) is 68.8 Å². The predicted molar refractivity (Wildman–Crippen MR) is 107 cm³/mol. The van der Waals surface area contributed by atoms with Crippen LogP contribution < -0.4 is 0 Å². The highest BCUT2D eigenvalue weighted by Crippen LogP contribution is 2.41. The lowest BCUT2D eigenvalue weighted by molar-refractivity contribution is -0.129. The molecule has 0 spiro atoms. The zero-order valence-corrected chi connectivity index (χ0v) is 17.3. The molecule has 0 aromatic carbocycles. The molecule has 0 unspecified atom stereocenters. The quantitative estimate of drug-likeness (QED) is 0.629. The van der Waals surface area contributed by atoms with Gasteiger partial charge in [-0.15, -0.1) is 10.2 Å². The highest BCUT2D eigenvalue weighted by atomic mass is 32.2. The highest BCUT2D eigenvalue weighted by molar-refractivity contribution is 7.99. The van der Waals surface area contributed by atoms with E-state index in [-0.39, 0.29) is 29.2 Å². The SMILES string of the molecule is CCN(C(=O)CSc1nnc(-c2cccnc2)n1C1CC1)[C@H]1CCS(=O)(=O)C1. The average Bonchev–Trinajstić information content (AvgIpc) is 3.34. The van der Waals surface area contributed by atoms with Crippen LogP contribution in [0.25, 0.3) is 11.4 Å². The van der Waals surface area contributed by atoms with Crippen LogP contribution in [-0.2, 0) is 14.6 Å². The van der Waals surface area contributed by atoms with Gasteiger partial charge in [0.15, 0.2) is 20.8 Å². The third-order valence-electron chi connectivity index (χ3n) is 5.13. The van der Waals surface area contributed by atoms with Gasteiger partial charge in [-0.1, -0.05) is 11.8 Å². The zero-order valence-electron chi connectivity index (χ0n) is 15.7. The molecule has 8 nitrogen and oxygen atoms in total. The second kappa shape index (κ2) is 7.82. The minimum absolute atomic E-state index is 0.0529. The van der Waals surface area contributed by atoms with E-state index in [0.29, 0.717) is 19.0 Å². The summed E-state index contributed by atoms with van der Waals surface area (Å²) in [6.07, 6.45) is 6.16. The van der Waals surface area contributed by atoms with Crippen molar-refractivity contribution in [2.75, 3.05) is 23.8 Å².